The zero-order chi connectivity index (χ0) is 21.5. The highest BCUT2D eigenvalue weighted by Gasteiger charge is 2.13. The summed E-state index contributed by atoms with van der Waals surface area (Å²) in [6.07, 6.45) is 2.64. The number of benzene rings is 3. The largest absolute Gasteiger partial charge is 0.491 e. The van der Waals surface area contributed by atoms with Gasteiger partial charge < -0.3 is 14.6 Å². The molecule has 4 aromatic rings. The number of carbonyl (C=O) groups excluding carboxylic acids is 1. The molecule has 1 heterocycles. The number of imidazole rings is 1. The minimum atomic E-state index is -0.117. The summed E-state index contributed by atoms with van der Waals surface area (Å²) in [5.74, 6) is 1.55. The van der Waals surface area contributed by atoms with Crippen LogP contribution in [0.1, 0.15) is 21.7 Å². The van der Waals surface area contributed by atoms with Crippen molar-refractivity contribution in [3.05, 3.63) is 108 Å². The van der Waals surface area contributed by atoms with Crippen LogP contribution in [0.15, 0.2) is 91.5 Å². The molecule has 5 nitrogen and oxygen atoms in total. The van der Waals surface area contributed by atoms with Gasteiger partial charge in [0.1, 0.15) is 18.2 Å². The average molecular weight is 412 g/mol. The lowest BCUT2D eigenvalue weighted by atomic mass is 10.1. The number of fused-ring (bicyclic) bond motifs is 1. The minimum absolute atomic E-state index is 0.117. The second-order valence-electron chi connectivity index (χ2n) is 7.17. The molecule has 31 heavy (non-hydrogen) atoms. The SMILES string of the molecule is C=CCc1ccccc1OCCn1c(CNC(=O)c2ccccc2)nc2ccccc21. The number of aromatic nitrogens is 2. The number of para-hydroxylation sites is 3. The standard InChI is InChI=1S/C26H25N3O2/c1-2-10-20-11-6-9-16-24(20)31-18-17-29-23-15-8-7-14-22(23)28-25(29)19-27-26(30)21-12-4-3-5-13-21/h2-9,11-16H,1,10,17-19H2,(H,27,30). The average Bonchev–Trinajstić information content (AvgIpc) is 3.17. The van der Waals surface area contributed by atoms with Crippen LogP contribution in [-0.4, -0.2) is 22.1 Å². The maximum atomic E-state index is 12.5. The van der Waals surface area contributed by atoms with E-state index in [0.29, 0.717) is 25.3 Å². The van der Waals surface area contributed by atoms with Gasteiger partial charge in [-0.1, -0.05) is 54.6 Å². The maximum Gasteiger partial charge on any atom is 0.251 e. The molecule has 3 aromatic carbocycles. The Balaban J connectivity index is 1.49. The second-order valence-corrected chi connectivity index (χ2v) is 7.17. The molecule has 0 bridgehead atoms. The molecule has 1 amide bonds. The van der Waals surface area contributed by atoms with Gasteiger partial charge in [0.15, 0.2) is 0 Å². The third-order valence-corrected chi connectivity index (χ3v) is 5.09. The Kier molecular flexibility index (Phi) is 6.43. The van der Waals surface area contributed by atoms with Gasteiger partial charge in [0.05, 0.1) is 24.1 Å². The van der Waals surface area contributed by atoms with Crippen LogP contribution in [0.25, 0.3) is 11.0 Å². The van der Waals surface area contributed by atoms with E-state index in [4.69, 9.17) is 9.72 Å². The fourth-order valence-electron chi connectivity index (χ4n) is 3.58. The summed E-state index contributed by atoms with van der Waals surface area (Å²) in [5, 5.41) is 2.98. The number of allylic oxidation sites excluding steroid dienone is 1. The molecule has 1 aromatic heterocycles. The molecule has 0 saturated carbocycles. The predicted molar refractivity (Wildman–Crippen MR) is 123 cm³/mol. The van der Waals surface area contributed by atoms with E-state index in [-0.39, 0.29) is 5.91 Å². The van der Waals surface area contributed by atoms with Crippen LogP contribution in [-0.2, 0) is 19.5 Å². The van der Waals surface area contributed by atoms with E-state index in [1.165, 1.54) is 0 Å². The van der Waals surface area contributed by atoms with Crippen molar-refractivity contribution in [1.82, 2.24) is 14.9 Å². The van der Waals surface area contributed by atoms with Crippen molar-refractivity contribution in [2.24, 2.45) is 0 Å². The monoisotopic (exact) mass is 411 g/mol. The molecule has 0 aliphatic rings. The van der Waals surface area contributed by atoms with Crippen molar-refractivity contribution < 1.29 is 9.53 Å². The van der Waals surface area contributed by atoms with Crippen molar-refractivity contribution >= 4 is 16.9 Å². The second kappa shape index (κ2) is 9.76. The number of nitrogens with zero attached hydrogens (tertiary/aromatic N) is 2. The smallest absolute Gasteiger partial charge is 0.251 e. The molecule has 0 aliphatic carbocycles. The molecule has 0 spiro atoms. The highest BCUT2D eigenvalue weighted by atomic mass is 16.5. The van der Waals surface area contributed by atoms with Gasteiger partial charge in [-0.3, -0.25) is 4.79 Å². The van der Waals surface area contributed by atoms with E-state index >= 15 is 0 Å². The fourth-order valence-corrected chi connectivity index (χ4v) is 3.58. The molecule has 4 rings (SSSR count). The van der Waals surface area contributed by atoms with E-state index in [9.17, 15) is 4.79 Å². The molecule has 0 unspecified atom stereocenters. The number of hydrogen-bond donors (Lipinski definition) is 1. The third kappa shape index (κ3) is 4.83. The van der Waals surface area contributed by atoms with Crippen LogP contribution >= 0.6 is 0 Å². The third-order valence-electron chi connectivity index (χ3n) is 5.09. The van der Waals surface area contributed by atoms with Crippen molar-refractivity contribution in [1.29, 1.82) is 0 Å². The molecule has 0 aliphatic heterocycles. The zero-order valence-corrected chi connectivity index (χ0v) is 17.3. The molecule has 0 fully saturated rings. The lowest BCUT2D eigenvalue weighted by Crippen LogP contribution is -2.25. The van der Waals surface area contributed by atoms with Gasteiger partial charge in [0.25, 0.3) is 5.91 Å². The first-order chi connectivity index (χ1) is 15.3. The molecule has 1 N–H and O–H groups in total. The van der Waals surface area contributed by atoms with Crippen molar-refractivity contribution in [2.75, 3.05) is 6.61 Å². The molecule has 156 valence electrons. The quantitative estimate of drug-likeness (QED) is 0.404. The Bertz CT molecular complexity index is 1180. The van der Waals surface area contributed by atoms with E-state index in [1.54, 1.807) is 12.1 Å². The summed E-state index contributed by atoms with van der Waals surface area (Å²) in [5.41, 5.74) is 3.67. The van der Waals surface area contributed by atoms with E-state index in [0.717, 1.165) is 34.6 Å². The summed E-state index contributed by atoms with van der Waals surface area (Å²) < 4.78 is 8.19. The normalized spacial score (nSPS) is 10.7. The molecule has 5 heteroatoms. The van der Waals surface area contributed by atoms with Gasteiger partial charge in [0.2, 0.25) is 0 Å². The Labute approximate surface area is 182 Å². The molecule has 0 radical (unpaired) electrons. The summed E-state index contributed by atoms with van der Waals surface area (Å²) >= 11 is 0. The number of ether oxygens (including phenoxy) is 1. The van der Waals surface area contributed by atoms with Crippen molar-refractivity contribution in [2.45, 2.75) is 19.5 Å². The van der Waals surface area contributed by atoms with Gasteiger partial charge >= 0.3 is 0 Å². The maximum absolute atomic E-state index is 12.5. The predicted octanol–water partition coefficient (Wildman–Crippen LogP) is 4.77. The number of amides is 1. The van der Waals surface area contributed by atoms with Crippen LogP contribution in [0.3, 0.4) is 0 Å². The van der Waals surface area contributed by atoms with Gasteiger partial charge in [-0.15, -0.1) is 6.58 Å². The van der Waals surface area contributed by atoms with Gasteiger partial charge in [-0.25, -0.2) is 4.98 Å². The van der Waals surface area contributed by atoms with Crippen molar-refractivity contribution in [3.63, 3.8) is 0 Å². The lowest BCUT2D eigenvalue weighted by Gasteiger charge is -2.13. The minimum Gasteiger partial charge on any atom is -0.491 e. The highest BCUT2D eigenvalue weighted by molar-refractivity contribution is 5.94. The molecule has 0 atom stereocenters. The van der Waals surface area contributed by atoms with Crippen LogP contribution in [0.4, 0.5) is 0 Å². The number of hydrogen-bond acceptors (Lipinski definition) is 3. The lowest BCUT2D eigenvalue weighted by molar-refractivity contribution is 0.0949. The van der Waals surface area contributed by atoms with E-state index < -0.39 is 0 Å². The fraction of sp³-hybridized carbons (Fsp3) is 0.154. The highest BCUT2D eigenvalue weighted by Crippen LogP contribution is 2.20. The Morgan fingerprint density at radius 3 is 2.58 bits per heavy atom. The van der Waals surface area contributed by atoms with Crippen molar-refractivity contribution in [3.8, 4) is 5.75 Å². The summed E-state index contributed by atoms with van der Waals surface area (Å²) in [4.78, 5) is 17.2. The van der Waals surface area contributed by atoms with Gasteiger partial charge in [-0.2, -0.15) is 0 Å². The zero-order valence-electron chi connectivity index (χ0n) is 17.3. The number of rotatable bonds is 9. The summed E-state index contributed by atoms with van der Waals surface area (Å²) in [6.45, 7) is 5.28. The van der Waals surface area contributed by atoms with Gasteiger partial charge in [-0.05, 0) is 42.3 Å². The Morgan fingerprint density at radius 1 is 1.00 bits per heavy atom. The molecular formula is C26H25N3O2. The molecular weight excluding hydrogens is 386 g/mol. The first-order valence-corrected chi connectivity index (χ1v) is 10.4. The van der Waals surface area contributed by atoms with Crippen LogP contribution in [0, 0.1) is 0 Å². The first kappa shape index (κ1) is 20.4. The number of carbonyl (C=O) groups is 1. The topological polar surface area (TPSA) is 56.1 Å². The van der Waals surface area contributed by atoms with Crippen LogP contribution in [0.2, 0.25) is 0 Å². The Morgan fingerprint density at radius 2 is 1.74 bits per heavy atom. The molecule has 0 saturated heterocycles. The Hall–Kier alpha value is -3.86. The number of nitrogens with one attached hydrogen (secondary N) is 1. The summed E-state index contributed by atoms with van der Waals surface area (Å²) in [7, 11) is 0. The summed E-state index contributed by atoms with van der Waals surface area (Å²) in [6, 6.07) is 25.2. The van der Waals surface area contributed by atoms with E-state index in [2.05, 4.69) is 16.5 Å². The van der Waals surface area contributed by atoms with Gasteiger partial charge in [0, 0.05) is 5.56 Å². The first-order valence-electron chi connectivity index (χ1n) is 10.4. The van der Waals surface area contributed by atoms with Crippen LogP contribution in [0.5, 0.6) is 5.75 Å². The van der Waals surface area contributed by atoms with Crippen LogP contribution < -0.4 is 10.1 Å². The van der Waals surface area contributed by atoms with E-state index in [1.807, 2.05) is 72.8 Å².